The number of carbonyl (C=O) groups is 1. The predicted octanol–water partition coefficient (Wildman–Crippen LogP) is 4.91. The van der Waals surface area contributed by atoms with Crippen molar-refractivity contribution in [1.29, 1.82) is 0 Å². The molecule has 1 unspecified atom stereocenters. The van der Waals surface area contributed by atoms with E-state index >= 15 is 0 Å². The maximum atomic E-state index is 14.6. The molecule has 4 rings (SSSR count). The summed E-state index contributed by atoms with van der Waals surface area (Å²) < 4.78 is 55.6. The van der Waals surface area contributed by atoms with Crippen LogP contribution in [0.2, 0.25) is 5.02 Å². The fraction of sp³-hybridized carbons (Fsp3) is 0.333. The van der Waals surface area contributed by atoms with Gasteiger partial charge >= 0.3 is 6.18 Å². The van der Waals surface area contributed by atoms with Crippen molar-refractivity contribution in [2.75, 3.05) is 6.54 Å². The van der Waals surface area contributed by atoms with Crippen molar-refractivity contribution in [1.82, 2.24) is 15.1 Å². The first-order valence-electron chi connectivity index (χ1n) is 10.6. The standard InChI is InChI=1S/C24H22ClF4N3O2/c1-22(14-33,15-5-6-19(20(26)9-15)23(34)7-8-23)13-30-12-18-11-21(24(27,28)29)31-32(18)17-4-2-3-16(25)10-17/h2-6,9-11,14,30,34H,7-8,12-13H2,1H3. The molecule has 0 radical (unpaired) electrons. The molecule has 0 spiro atoms. The number of nitrogens with zero attached hydrogens (tertiary/aromatic N) is 2. The summed E-state index contributed by atoms with van der Waals surface area (Å²) in [4.78, 5) is 11.9. The second-order valence-electron chi connectivity index (χ2n) is 8.78. The zero-order chi connectivity index (χ0) is 24.7. The maximum absolute atomic E-state index is 14.6. The summed E-state index contributed by atoms with van der Waals surface area (Å²) in [6, 6.07) is 11.5. The minimum Gasteiger partial charge on any atom is -0.385 e. The number of aromatic nitrogens is 2. The van der Waals surface area contributed by atoms with Gasteiger partial charge in [-0.25, -0.2) is 9.07 Å². The van der Waals surface area contributed by atoms with Gasteiger partial charge in [0.2, 0.25) is 0 Å². The average molecular weight is 496 g/mol. The van der Waals surface area contributed by atoms with Crippen molar-refractivity contribution < 1.29 is 27.5 Å². The third kappa shape index (κ3) is 4.87. The van der Waals surface area contributed by atoms with Crippen LogP contribution in [0.5, 0.6) is 0 Å². The van der Waals surface area contributed by atoms with Gasteiger partial charge in [0.25, 0.3) is 0 Å². The Bertz CT molecular complexity index is 1220. The van der Waals surface area contributed by atoms with E-state index < -0.39 is 28.7 Å². The number of benzene rings is 2. The Kier molecular flexibility index (Phi) is 6.30. The molecular formula is C24H22ClF4N3O2. The van der Waals surface area contributed by atoms with Crippen molar-refractivity contribution in [3.63, 3.8) is 0 Å². The molecule has 2 N–H and O–H groups in total. The summed E-state index contributed by atoms with van der Waals surface area (Å²) in [6.45, 7) is 1.59. The number of alkyl halides is 3. The fourth-order valence-electron chi connectivity index (χ4n) is 3.81. The number of carbonyl (C=O) groups excluding carboxylic acids is 1. The molecule has 5 nitrogen and oxygen atoms in total. The fourth-order valence-corrected chi connectivity index (χ4v) is 4.00. The molecule has 1 aromatic heterocycles. The molecule has 0 aliphatic heterocycles. The van der Waals surface area contributed by atoms with Crippen LogP contribution in [-0.4, -0.2) is 27.7 Å². The van der Waals surface area contributed by atoms with Gasteiger partial charge in [0, 0.05) is 23.7 Å². The summed E-state index contributed by atoms with van der Waals surface area (Å²) >= 11 is 5.99. The van der Waals surface area contributed by atoms with Crippen LogP contribution in [0.3, 0.4) is 0 Å². The van der Waals surface area contributed by atoms with Gasteiger partial charge in [-0.1, -0.05) is 29.8 Å². The van der Waals surface area contributed by atoms with Gasteiger partial charge in [-0.05, 0) is 55.7 Å². The largest absolute Gasteiger partial charge is 0.435 e. The maximum Gasteiger partial charge on any atom is 0.435 e. The van der Waals surface area contributed by atoms with Crippen LogP contribution >= 0.6 is 11.6 Å². The van der Waals surface area contributed by atoms with E-state index in [1.54, 1.807) is 31.2 Å². The van der Waals surface area contributed by atoms with Gasteiger partial charge in [0.15, 0.2) is 5.69 Å². The molecule has 0 amide bonds. The van der Waals surface area contributed by atoms with Crippen LogP contribution < -0.4 is 5.32 Å². The molecule has 0 saturated heterocycles. The Balaban J connectivity index is 1.55. The van der Waals surface area contributed by atoms with Crippen molar-refractivity contribution >= 4 is 17.9 Å². The van der Waals surface area contributed by atoms with E-state index in [1.807, 2.05) is 0 Å². The molecule has 180 valence electrons. The van der Waals surface area contributed by atoms with Crippen LogP contribution in [0.4, 0.5) is 17.6 Å². The number of aliphatic hydroxyl groups is 1. The van der Waals surface area contributed by atoms with Crippen LogP contribution in [0.1, 0.15) is 42.3 Å². The first kappa shape index (κ1) is 24.4. The molecule has 1 aliphatic rings. The molecule has 0 bridgehead atoms. The topological polar surface area (TPSA) is 67.2 Å². The molecule has 10 heteroatoms. The SMILES string of the molecule is CC(C=O)(CNCc1cc(C(F)(F)F)nn1-c1cccc(Cl)c1)c1ccc(C2(O)CC2)c(F)c1. The van der Waals surface area contributed by atoms with E-state index in [4.69, 9.17) is 11.6 Å². The predicted molar refractivity (Wildman–Crippen MR) is 118 cm³/mol. The lowest BCUT2D eigenvalue weighted by molar-refractivity contribution is -0.141. The zero-order valence-corrected chi connectivity index (χ0v) is 18.9. The summed E-state index contributed by atoms with van der Waals surface area (Å²) in [6.07, 6.45) is -3.01. The third-order valence-corrected chi connectivity index (χ3v) is 6.27. The second kappa shape index (κ2) is 8.79. The Morgan fingerprint density at radius 1 is 1.21 bits per heavy atom. The van der Waals surface area contributed by atoms with E-state index in [0.29, 0.717) is 35.4 Å². The Morgan fingerprint density at radius 3 is 2.53 bits per heavy atom. The lowest BCUT2D eigenvalue weighted by atomic mass is 9.83. The molecule has 1 fully saturated rings. The minimum absolute atomic E-state index is 0.0294. The number of halogens is 5. The van der Waals surface area contributed by atoms with E-state index in [1.165, 1.54) is 18.2 Å². The summed E-state index contributed by atoms with van der Waals surface area (Å²) in [5.41, 5.74) is -2.21. The van der Waals surface area contributed by atoms with Crippen molar-refractivity contribution in [2.24, 2.45) is 0 Å². The van der Waals surface area contributed by atoms with Gasteiger partial charge in [-0.15, -0.1) is 0 Å². The Labute approximate surface area is 198 Å². The lowest BCUT2D eigenvalue weighted by Crippen LogP contribution is -2.37. The summed E-state index contributed by atoms with van der Waals surface area (Å²) in [7, 11) is 0. The molecule has 34 heavy (non-hydrogen) atoms. The number of aldehydes is 1. The highest BCUT2D eigenvalue weighted by atomic mass is 35.5. The van der Waals surface area contributed by atoms with E-state index in [2.05, 4.69) is 10.4 Å². The van der Waals surface area contributed by atoms with Gasteiger partial charge in [0.05, 0.1) is 22.4 Å². The van der Waals surface area contributed by atoms with Gasteiger partial charge < -0.3 is 15.2 Å². The van der Waals surface area contributed by atoms with Crippen molar-refractivity contribution in [2.45, 2.75) is 43.5 Å². The Hall–Kier alpha value is -2.75. The lowest BCUT2D eigenvalue weighted by Gasteiger charge is -2.25. The smallest absolute Gasteiger partial charge is 0.385 e. The summed E-state index contributed by atoms with van der Waals surface area (Å²) in [5.74, 6) is -0.598. The molecule has 1 saturated carbocycles. The molecule has 2 aromatic carbocycles. The average Bonchev–Trinajstić information content (AvgIpc) is 3.36. The minimum atomic E-state index is -4.64. The van der Waals surface area contributed by atoms with Gasteiger partial charge in [-0.2, -0.15) is 18.3 Å². The molecule has 1 heterocycles. The second-order valence-corrected chi connectivity index (χ2v) is 9.21. The van der Waals surface area contributed by atoms with Crippen LogP contribution in [0, 0.1) is 5.82 Å². The van der Waals surface area contributed by atoms with Crippen molar-refractivity contribution in [3.8, 4) is 5.69 Å². The first-order chi connectivity index (χ1) is 15.9. The highest BCUT2D eigenvalue weighted by Crippen LogP contribution is 2.46. The highest BCUT2D eigenvalue weighted by Gasteiger charge is 2.44. The zero-order valence-electron chi connectivity index (χ0n) is 18.2. The van der Waals surface area contributed by atoms with E-state index in [0.717, 1.165) is 10.7 Å². The molecule has 1 aliphatic carbocycles. The van der Waals surface area contributed by atoms with Gasteiger partial charge in [0.1, 0.15) is 12.1 Å². The summed E-state index contributed by atoms with van der Waals surface area (Å²) in [5, 5.41) is 17.2. The van der Waals surface area contributed by atoms with E-state index in [9.17, 15) is 27.5 Å². The highest BCUT2D eigenvalue weighted by molar-refractivity contribution is 6.30. The van der Waals surface area contributed by atoms with Crippen LogP contribution in [0.15, 0.2) is 48.5 Å². The first-order valence-corrected chi connectivity index (χ1v) is 10.9. The number of hydrogen-bond donors (Lipinski definition) is 2. The molecule has 3 aromatic rings. The van der Waals surface area contributed by atoms with Gasteiger partial charge in [-0.3, -0.25) is 0 Å². The normalized spacial score (nSPS) is 16.8. The third-order valence-electron chi connectivity index (χ3n) is 6.04. The van der Waals surface area contributed by atoms with E-state index in [-0.39, 0.29) is 24.3 Å². The number of hydrogen-bond acceptors (Lipinski definition) is 4. The monoisotopic (exact) mass is 495 g/mol. The van der Waals surface area contributed by atoms with Crippen LogP contribution in [0.25, 0.3) is 5.69 Å². The Morgan fingerprint density at radius 2 is 1.94 bits per heavy atom. The molecular weight excluding hydrogens is 474 g/mol. The number of rotatable bonds is 8. The molecule has 1 atom stereocenters. The van der Waals surface area contributed by atoms with Crippen LogP contribution in [-0.2, 0) is 28.5 Å². The van der Waals surface area contributed by atoms with Crippen molar-refractivity contribution in [3.05, 3.63) is 81.9 Å². The number of nitrogens with one attached hydrogen (secondary N) is 1. The quantitative estimate of drug-likeness (QED) is 0.344.